The van der Waals surface area contributed by atoms with E-state index in [2.05, 4.69) is 144 Å². The molecule has 0 unspecified atom stereocenters. The molecule has 0 saturated heterocycles. The summed E-state index contributed by atoms with van der Waals surface area (Å²) < 4.78 is 8.61. The van der Waals surface area contributed by atoms with E-state index >= 15 is 0 Å². The predicted octanol–water partition coefficient (Wildman–Crippen LogP) is 12.1. The molecule has 4 heteroatoms. The second-order valence-electron chi connectivity index (χ2n) is 12.6. The highest BCUT2D eigenvalue weighted by molar-refractivity contribution is 6.10. The lowest BCUT2D eigenvalue weighted by Crippen LogP contribution is -1.98. The van der Waals surface area contributed by atoms with E-state index in [-0.39, 0.29) is 0 Å². The molecule has 10 rings (SSSR count). The van der Waals surface area contributed by atoms with Crippen molar-refractivity contribution in [2.75, 3.05) is 0 Å². The predicted molar refractivity (Wildman–Crippen MR) is 205 cm³/mol. The maximum Gasteiger partial charge on any atom is 0.160 e. The third kappa shape index (κ3) is 4.69. The molecule has 10 aromatic rings. The van der Waals surface area contributed by atoms with Gasteiger partial charge in [-0.05, 0) is 65.7 Å². The Morgan fingerprint density at radius 3 is 1.84 bits per heavy atom. The van der Waals surface area contributed by atoms with Gasteiger partial charge in [-0.2, -0.15) is 0 Å². The van der Waals surface area contributed by atoms with E-state index in [1.165, 1.54) is 21.9 Å². The Hall–Kier alpha value is -6.78. The molecule has 0 amide bonds. The molecule has 0 spiro atoms. The largest absolute Gasteiger partial charge is 0.456 e. The van der Waals surface area contributed by atoms with Crippen molar-refractivity contribution in [1.29, 1.82) is 0 Å². The highest BCUT2D eigenvalue weighted by atomic mass is 16.3. The van der Waals surface area contributed by atoms with Crippen LogP contribution in [0.3, 0.4) is 0 Å². The quantitative estimate of drug-likeness (QED) is 0.188. The Balaban J connectivity index is 1.14. The first kappa shape index (κ1) is 28.3. The second-order valence-corrected chi connectivity index (χ2v) is 12.6. The number of benzene rings is 7. The van der Waals surface area contributed by atoms with Gasteiger partial charge in [0.05, 0.1) is 22.4 Å². The number of nitrogens with zero attached hydrogens (tertiary/aromatic N) is 3. The van der Waals surface area contributed by atoms with Crippen LogP contribution in [0.15, 0.2) is 180 Å². The lowest BCUT2D eigenvalue weighted by molar-refractivity contribution is 0.669. The third-order valence-electron chi connectivity index (χ3n) is 9.61. The van der Waals surface area contributed by atoms with Gasteiger partial charge in [-0.15, -0.1) is 0 Å². The Kier molecular flexibility index (Phi) is 6.46. The molecular formula is C46H29N3O. The van der Waals surface area contributed by atoms with Gasteiger partial charge in [0.25, 0.3) is 0 Å². The lowest BCUT2D eigenvalue weighted by atomic mass is 10.0. The Bertz CT molecular complexity index is 2870. The standard InChI is InChI=1S/C46H29N3O/c1-3-12-30(13-4-1)32-23-25-43-39(27-32)36-18-7-9-20-42(36)49(43)35-17-11-16-34(26-35)46-47-40(31-14-5-2-6-15-31)29-41(48-46)33-22-24-38-37-19-8-10-21-44(37)50-45(38)28-33/h1-29H. The van der Waals surface area contributed by atoms with E-state index in [0.29, 0.717) is 5.82 Å². The van der Waals surface area contributed by atoms with Crippen LogP contribution in [-0.4, -0.2) is 14.5 Å². The van der Waals surface area contributed by atoms with Crippen LogP contribution in [0.25, 0.3) is 94.5 Å². The fourth-order valence-corrected chi connectivity index (χ4v) is 7.21. The highest BCUT2D eigenvalue weighted by Gasteiger charge is 2.16. The molecule has 3 heterocycles. The lowest BCUT2D eigenvalue weighted by Gasteiger charge is -2.12. The van der Waals surface area contributed by atoms with Crippen molar-refractivity contribution in [2.45, 2.75) is 0 Å². The Morgan fingerprint density at radius 1 is 0.360 bits per heavy atom. The number of fused-ring (bicyclic) bond motifs is 6. The number of furan rings is 1. The normalized spacial score (nSPS) is 11.6. The fourth-order valence-electron chi connectivity index (χ4n) is 7.21. The SMILES string of the molecule is c1ccc(-c2ccc3c(c2)c2ccccc2n3-c2cccc(-c3nc(-c4ccccc4)cc(-c4ccc5c(c4)oc4ccccc45)n3)c2)cc1. The number of para-hydroxylation sites is 2. The van der Waals surface area contributed by atoms with Crippen molar-refractivity contribution in [1.82, 2.24) is 14.5 Å². The van der Waals surface area contributed by atoms with Crippen LogP contribution in [0, 0.1) is 0 Å². The van der Waals surface area contributed by atoms with Crippen molar-refractivity contribution in [3.8, 4) is 50.7 Å². The minimum absolute atomic E-state index is 0.667. The van der Waals surface area contributed by atoms with Gasteiger partial charge < -0.3 is 8.98 Å². The molecule has 0 atom stereocenters. The van der Waals surface area contributed by atoms with Crippen molar-refractivity contribution >= 4 is 43.7 Å². The molecule has 0 aliphatic carbocycles. The van der Waals surface area contributed by atoms with Crippen LogP contribution in [-0.2, 0) is 0 Å². The summed E-state index contributed by atoms with van der Waals surface area (Å²) in [5.74, 6) is 0.667. The van der Waals surface area contributed by atoms with Crippen LogP contribution < -0.4 is 0 Å². The molecule has 0 N–H and O–H groups in total. The molecule has 3 aromatic heterocycles. The molecule has 0 saturated carbocycles. The number of hydrogen-bond acceptors (Lipinski definition) is 3. The summed E-state index contributed by atoms with van der Waals surface area (Å²) in [5.41, 5.74) is 12.2. The Labute approximate surface area is 288 Å². The summed E-state index contributed by atoms with van der Waals surface area (Å²) >= 11 is 0. The minimum atomic E-state index is 0.667. The summed E-state index contributed by atoms with van der Waals surface area (Å²) in [6.07, 6.45) is 0. The summed E-state index contributed by atoms with van der Waals surface area (Å²) in [6, 6.07) is 61.4. The summed E-state index contributed by atoms with van der Waals surface area (Å²) in [5, 5.41) is 4.64. The molecule has 0 bridgehead atoms. The van der Waals surface area contributed by atoms with Crippen molar-refractivity contribution in [3.63, 3.8) is 0 Å². The maximum absolute atomic E-state index is 6.26. The molecule has 7 aromatic carbocycles. The van der Waals surface area contributed by atoms with E-state index < -0.39 is 0 Å². The van der Waals surface area contributed by atoms with Gasteiger partial charge in [-0.1, -0.05) is 121 Å². The number of aromatic nitrogens is 3. The molecule has 50 heavy (non-hydrogen) atoms. The van der Waals surface area contributed by atoms with E-state index in [1.807, 2.05) is 36.4 Å². The average Bonchev–Trinajstić information content (AvgIpc) is 3.73. The topological polar surface area (TPSA) is 43.9 Å². The molecule has 0 aliphatic rings. The monoisotopic (exact) mass is 639 g/mol. The average molecular weight is 640 g/mol. The summed E-state index contributed by atoms with van der Waals surface area (Å²) in [7, 11) is 0. The smallest absolute Gasteiger partial charge is 0.160 e. The second kappa shape index (κ2) is 11.4. The first-order chi connectivity index (χ1) is 24.8. The first-order valence-electron chi connectivity index (χ1n) is 16.8. The molecule has 4 nitrogen and oxygen atoms in total. The zero-order valence-electron chi connectivity index (χ0n) is 27.0. The number of hydrogen-bond donors (Lipinski definition) is 0. The highest BCUT2D eigenvalue weighted by Crippen LogP contribution is 2.37. The maximum atomic E-state index is 6.26. The van der Waals surface area contributed by atoms with E-state index in [4.69, 9.17) is 14.4 Å². The van der Waals surface area contributed by atoms with Gasteiger partial charge in [0.15, 0.2) is 5.82 Å². The molecule has 0 fully saturated rings. The van der Waals surface area contributed by atoms with E-state index in [9.17, 15) is 0 Å². The van der Waals surface area contributed by atoms with Gasteiger partial charge in [-0.25, -0.2) is 9.97 Å². The summed E-state index contributed by atoms with van der Waals surface area (Å²) in [4.78, 5) is 10.3. The van der Waals surface area contributed by atoms with Crippen LogP contribution >= 0.6 is 0 Å². The molecular weight excluding hydrogens is 611 g/mol. The van der Waals surface area contributed by atoms with Gasteiger partial charge in [0.1, 0.15) is 11.2 Å². The van der Waals surface area contributed by atoms with Gasteiger partial charge in [0.2, 0.25) is 0 Å². The van der Waals surface area contributed by atoms with Crippen LogP contribution in [0.4, 0.5) is 0 Å². The molecule has 234 valence electrons. The summed E-state index contributed by atoms with van der Waals surface area (Å²) in [6.45, 7) is 0. The molecule has 0 radical (unpaired) electrons. The minimum Gasteiger partial charge on any atom is -0.456 e. The van der Waals surface area contributed by atoms with Crippen molar-refractivity contribution in [2.24, 2.45) is 0 Å². The number of rotatable bonds is 5. The van der Waals surface area contributed by atoms with Crippen LogP contribution in [0.1, 0.15) is 0 Å². The third-order valence-corrected chi connectivity index (χ3v) is 9.61. The first-order valence-corrected chi connectivity index (χ1v) is 16.8. The van der Waals surface area contributed by atoms with Crippen molar-refractivity contribution in [3.05, 3.63) is 176 Å². The van der Waals surface area contributed by atoms with Gasteiger partial charge in [-0.3, -0.25) is 0 Å². The zero-order chi connectivity index (χ0) is 33.0. The van der Waals surface area contributed by atoms with Crippen molar-refractivity contribution < 1.29 is 4.42 Å². The molecule has 0 aliphatic heterocycles. The van der Waals surface area contributed by atoms with Crippen LogP contribution in [0.5, 0.6) is 0 Å². The van der Waals surface area contributed by atoms with E-state index in [0.717, 1.165) is 66.7 Å². The Morgan fingerprint density at radius 2 is 1.00 bits per heavy atom. The van der Waals surface area contributed by atoms with E-state index in [1.54, 1.807) is 0 Å². The zero-order valence-corrected chi connectivity index (χ0v) is 27.0. The van der Waals surface area contributed by atoms with Gasteiger partial charge in [0, 0.05) is 43.9 Å². The fraction of sp³-hybridized carbons (Fsp3) is 0. The van der Waals surface area contributed by atoms with Crippen LogP contribution in [0.2, 0.25) is 0 Å². The van der Waals surface area contributed by atoms with Gasteiger partial charge >= 0.3 is 0 Å².